The zero-order valence-corrected chi connectivity index (χ0v) is 17.8. The molecule has 1 atom stereocenters. The second-order valence-electron chi connectivity index (χ2n) is 7.65. The number of ketones is 1. The topological polar surface area (TPSA) is 22.0 Å². The maximum Gasteiger partial charge on any atom is 0.165 e. The summed E-state index contributed by atoms with van der Waals surface area (Å²) >= 11 is 3.48. The molecular formula is C26H19BrFNO. The number of carbonyl (C=O) groups excluding carboxylic acids is 1. The fourth-order valence-corrected chi connectivity index (χ4v) is 4.60. The van der Waals surface area contributed by atoms with Crippen molar-refractivity contribution < 1.29 is 9.18 Å². The number of fused-ring (bicyclic) bond motifs is 1. The number of nitrogens with zero attached hydrogens (tertiary/aromatic N) is 1. The predicted molar refractivity (Wildman–Crippen MR) is 121 cm³/mol. The van der Waals surface area contributed by atoms with Gasteiger partial charge in [0.05, 0.1) is 5.69 Å². The number of Topliss-reactive ketones (excluding diaryl/α,β-unsaturated/α-hetero) is 1. The lowest BCUT2D eigenvalue weighted by molar-refractivity contribution is 0.0963. The maximum absolute atomic E-state index is 14.1. The highest BCUT2D eigenvalue weighted by atomic mass is 79.9. The molecule has 0 fully saturated rings. The molecule has 0 bridgehead atoms. The van der Waals surface area contributed by atoms with E-state index in [0.717, 1.165) is 44.7 Å². The average Bonchev–Trinajstić information content (AvgIpc) is 3.15. The van der Waals surface area contributed by atoms with E-state index < -0.39 is 0 Å². The van der Waals surface area contributed by atoms with Gasteiger partial charge in [0.15, 0.2) is 5.78 Å². The van der Waals surface area contributed by atoms with E-state index in [1.54, 1.807) is 6.07 Å². The van der Waals surface area contributed by atoms with Crippen LogP contribution in [-0.2, 0) is 6.42 Å². The van der Waals surface area contributed by atoms with E-state index >= 15 is 0 Å². The van der Waals surface area contributed by atoms with Gasteiger partial charge in [-0.1, -0.05) is 64.5 Å². The lowest BCUT2D eigenvalue weighted by Crippen LogP contribution is -2.20. The molecule has 2 nitrogen and oxygen atoms in total. The van der Waals surface area contributed by atoms with Crippen LogP contribution >= 0.6 is 15.9 Å². The third-order valence-electron chi connectivity index (χ3n) is 5.75. The zero-order chi connectivity index (χ0) is 20.7. The Kier molecular flexibility index (Phi) is 4.87. The van der Waals surface area contributed by atoms with E-state index in [9.17, 15) is 9.18 Å². The van der Waals surface area contributed by atoms with Crippen molar-refractivity contribution in [3.63, 3.8) is 0 Å². The van der Waals surface area contributed by atoms with E-state index in [-0.39, 0.29) is 17.5 Å². The zero-order valence-electron chi connectivity index (χ0n) is 16.2. The molecule has 1 aliphatic rings. The molecule has 0 saturated heterocycles. The molecule has 4 heteroatoms. The number of rotatable bonds is 3. The van der Waals surface area contributed by atoms with Crippen molar-refractivity contribution in [3.05, 3.63) is 112 Å². The Morgan fingerprint density at radius 3 is 2.37 bits per heavy atom. The minimum absolute atomic E-state index is 0.117. The highest BCUT2D eigenvalue weighted by Gasteiger charge is 2.31. The van der Waals surface area contributed by atoms with Gasteiger partial charge in [-0.3, -0.25) is 4.79 Å². The third-order valence-corrected chi connectivity index (χ3v) is 6.28. The molecule has 0 spiro atoms. The Bertz CT molecular complexity index is 1230. The van der Waals surface area contributed by atoms with Crippen molar-refractivity contribution >= 4 is 21.7 Å². The summed E-state index contributed by atoms with van der Waals surface area (Å²) in [5.74, 6) is -0.0387. The van der Waals surface area contributed by atoms with Crippen molar-refractivity contribution in [3.8, 4) is 16.9 Å². The largest absolute Gasteiger partial charge is 0.313 e. The van der Waals surface area contributed by atoms with Crippen LogP contribution in [0.5, 0.6) is 0 Å². The Balaban J connectivity index is 1.71. The van der Waals surface area contributed by atoms with Crippen LogP contribution < -0.4 is 0 Å². The quantitative estimate of drug-likeness (QED) is 0.324. The summed E-state index contributed by atoms with van der Waals surface area (Å²) in [6.45, 7) is 0. The van der Waals surface area contributed by atoms with Crippen LogP contribution in [-0.4, -0.2) is 10.4 Å². The summed E-state index contributed by atoms with van der Waals surface area (Å²) in [5.41, 5.74) is 5.47. The molecule has 4 aromatic rings. The summed E-state index contributed by atoms with van der Waals surface area (Å²) < 4.78 is 17.1. The summed E-state index contributed by atoms with van der Waals surface area (Å²) in [4.78, 5) is 13.1. The van der Waals surface area contributed by atoms with Crippen LogP contribution in [0.2, 0.25) is 0 Å². The Morgan fingerprint density at radius 2 is 1.63 bits per heavy atom. The first-order valence-electron chi connectivity index (χ1n) is 9.95. The second-order valence-corrected chi connectivity index (χ2v) is 8.57. The number of halogens is 2. The van der Waals surface area contributed by atoms with Gasteiger partial charge in [0.1, 0.15) is 5.82 Å². The van der Waals surface area contributed by atoms with E-state index in [0.29, 0.717) is 6.42 Å². The molecule has 0 amide bonds. The maximum atomic E-state index is 14.1. The average molecular weight is 460 g/mol. The van der Waals surface area contributed by atoms with Crippen LogP contribution in [0.4, 0.5) is 4.39 Å². The highest BCUT2D eigenvalue weighted by Crippen LogP contribution is 2.39. The van der Waals surface area contributed by atoms with E-state index in [2.05, 4.69) is 32.6 Å². The first-order chi connectivity index (χ1) is 14.6. The number of hydrogen-bond donors (Lipinski definition) is 0. The van der Waals surface area contributed by atoms with Crippen LogP contribution in [0.25, 0.3) is 16.9 Å². The first kappa shape index (κ1) is 19.0. The predicted octanol–water partition coefficient (Wildman–Crippen LogP) is 6.96. The van der Waals surface area contributed by atoms with E-state index in [1.165, 1.54) is 12.1 Å². The van der Waals surface area contributed by atoms with Crippen LogP contribution in [0.15, 0.2) is 89.4 Å². The first-order valence-corrected chi connectivity index (χ1v) is 10.7. The summed E-state index contributed by atoms with van der Waals surface area (Å²) in [6.07, 6.45) is 1.22. The van der Waals surface area contributed by atoms with Gasteiger partial charge in [0.25, 0.3) is 0 Å². The van der Waals surface area contributed by atoms with Gasteiger partial charge in [-0.05, 0) is 59.9 Å². The number of carbonyl (C=O) groups is 1. The number of hydrogen-bond acceptors (Lipinski definition) is 1. The Morgan fingerprint density at radius 1 is 0.867 bits per heavy atom. The van der Waals surface area contributed by atoms with Gasteiger partial charge in [0, 0.05) is 27.8 Å². The molecule has 1 aliphatic carbocycles. The molecule has 30 heavy (non-hydrogen) atoms. The second kappa shape index (κ2) is 7.69. The SMILES string of the molecule is O=C1C[C@@H](c2ccccc2)Cc2c1cc(-c1ccc(Br)cc1)n2-c1cccc(F)c1. The molecule has 0 saturated carbocycles. The molecule has 1 heterocycles. The molecule has 0 radical (unpaired) electrons. The highest BCUT2D eigenvalue weighted by molar-refractivity contribution is 9.10. The summed E-state index contributed by atoms with van der Waals surface area (Å²) in [6, 6.07) is 26.7. The fraction of sp³-hybridized carbons (Fsp3) is 0.115. The molecular weight excluding hydrogens is 441 g/mol. The standard InChI is InChI=1S/C26H19BrFNO/c27-20-11-9-18(10-12-20)24-16-23-25(29(24)22-8-4-7-21(28)15-22)13-19(14-26(23)30)17-5-2-1-3-6-17/h1-12,15-16,19H,13-14H2/t19-/m0/s1. The molecule has 0 unspecified atom stereocenters. The van der Waals surface area contributed by atoms with Gasteiger partial charge >= 0.3 is 0 Å². The summed E-state index contributed by atoms with van der Waals surface area (Å²) in [5, 5.41) is 0. The minimum atomic E-state index is -0.293. The monoisotopic (exact) mass is 459 g/mol. The fourth-order valence-electron chi connectivity index (χ4n) is 4.34. The van der Waals surface area contributed by atoms with Crippen molar-refractivity contribution in [2.75, 3.05) is 0 Å². The Hall–Kier alpha value is -2.98. The van der Waals surface area contributed by atoms with Crippen LogP contribution in [0, 0.1) is 5.82 Å². The summed E-state index contributed by atoms with van der Waals surface area (Å²) in [7, 11) is 0. The van der Waals surface area contributed by atoms with Gasteiger partial charge in [0.2, 0.25) is 0 Å². The number of benzene rings is 3. The van der Waals surface area contributed by atoms with E-state index in [4.69, 9.17) is 0 Å². The van der Waals surface area contributed by atoms with Crippen LogP contribution in [0.1, 0.15) is 34.0 Å². The van der Waals surface area contributed by atoms with Crippen molar-refractivity contribution in [1.29, 1.82) is 0 Å². The molecule has 148 valence electrons. The van der Waals surface area contributed by atoms with E-state index in [1.807, 2.05) is 54.6 Å². The normalized spacial score (nSPS) is 15.8. The minimum Gasteiger partial charge on any atom is -0.313 e. The van der Waals surface area contributed by atoms with Gasteiger partial charge < -0.3 is 4.57 Å². The van der Waals surface area contributed by atoms with Crippen molar-refractivity contribution in [1.82, 2.24) is 4.57 Å². The molecule has 1 aromatic heterocycles. The van der Waals surface area contributed by atoms with Gasteiger partial charge in [-0.25, -0.2) is 4.39 Å². The molecule has 3 aromatic carbocycles. The molecule has 0 aliphatic heterocycles. The van der Waals surface area contributed by atoms with Gasteiger partial charge in [-0.15, -0.1) is 0 Å². The van der Waals surface area contributed by atoms with Crippen LogP contribution in [0.3, 0.4) is 0 Å². The van der Waals surface area contributed by atoms with Gasteiger partial charge in [-0.2, -0.15) is 0 Å². The lowest BCUT2D eigenvalue weighted by Gasteiger charge is -2.24. The Labute approximate surface area is 183 Å². The van der Waals surface area contributed by atoms with Crippen molar-refractivity contribution in [2.24, 2.45) is 0 Å². The lowest BCUT2D eigenvalue weighted by atomic mass is 9.82. The molecule has 0 N–H and O–H groups in total. The van der Waals surface area contributed by atoms with Crippen molar-refractivity contribution in [2.45, 2.75) is 18.8 Å². The number of aromatic nitrogens is 1. The molecule has 5 rings (SSSR count). The third kappa shape index (κ3) is 3.41. The smallest absolute Gasteiger partial charge is 0.165 e.